The topological polar surface area (TPSA) is 84.0 Å². The predicted molar refractivity (Wildman–Crippen MR) is 84.0 cm³/mol. The molecule has 1 heterocycles. The van der Waals surface area contributed by atoms with E-state index in [4.69, 9.17) is 0 Å². The summed E-state index contributed by atoms with van der Waals surface area (Å²) in [6, 6.07) is 7.25. The van der Waals surface area contributed by atoms with Gasteiger partial charge in [0.05, 0.1) is 6.54 Å². The molecule has 1 aliphatic rings. The molecule has 3 rings (SSSR count). The van der Waals surface area contributed by atoms with Crippen molar-refractivity contribution in [2.75, 3.05) is 11.9 Å². The number of benzene rings is 1. The Bertz CT molecular complexity index is 709. The van der Waals surface area contributed by atoms with E-state index < -0.39 is 0 Å². The van der Waals surface area contributed by atoms with E-state index in [0.717, 1.165) is 23.4 Å². The highest BCUT2D eigenvalue weighted by molar-refractivity contribution is 7.15. The van der Waals surface area contributed by atoms with Crippen molar-refractivity contribution in [2.45, 2.75) is 25.7 Å². The van der Waals surface area contributed by atoms with Crippen LogP contribution in [0.15, 0.2) is 24.3 Å². The van der Waals surface area contributed by atoms with Crippen molar-refractivity contribution in [3.63, 3.8) is 0 Å². The van der Waals surface area contributed by atoms with Crippen LogP contribution in [0.25, 0.3) is 0 Å². The first-order chi connectivity index (χ1) is 10.6. The second-order valence-corrected chi connectivity index (χ2v) is 6.27. The molecular formula is C15H16N4O2S. The highest BCUT2D eigenvalue weighted by Gasteiger charge is 2.27. The lowest BCUT2D eigenvalue weighted by molar-refractivity contribution is -0.115. The molecule has 0 unspecified atom stereocenters. The van der Waals surface area contributed by atoms with E-state index in [1.165, 1.54) is 11.3 Å². The molecule has 7 heteroatoms. The Morgan fingerprint density at radius 3 is 2.77 bits per heavy atom. The number of rotatable bonds is 5. The zero-order valence-electron chi connectivity index (χ0n) is 12.1. The van der Waals surface area contributed by atoms with Crippen molar-refractivity contribution >= 4 is 28.3 Å². The van der Waals surface area contributed by atoms with Crippen molar-refractivity contribution in [1.29, 1.82) is 0 Å². The van der Waals surface area contributed by atoms with Gasteiger partial charge in [0.2, 0.25) is 11.0 Å². The van der Waals surface area contributed by atoms with Crippen LogP contribution in [-0.4, -0.2) is 28.6 Å². The lowest BCUT2D eigenvalue weighted by Crippen LogP contribution is -2.33. The van der Waals surface area contributed by atoms with Crippen molar-refractivity contribution in [2.24, 2.45) is 0 Å². The Hall–Kier alpha value is -2.28. The van der Waals surface area contributed by atoms with E-state index in [9.17, 15) is 9.59 Å². The molecule has 2 N–H and O–H groups in total. The summed E-state index contributed by atoms with van der Waals surface area (Å²) < 4.78 is 0. The zero-order chi connectivity index (χ0) is 15.5. The Morgan fingerprint density at radius 2 is 2.05 bits per heavy atom. The van der Waals surface area contributed by atoms with Crippen molar-refractivity contribution in [3.8, 4) is 0 Å². The molecule has 0 radical (unpaired) electrons. The van der Waals surface area contributed by atoms with Gasteiger partial charge < -0.3 is 5.32 Å². The van der Waals surface area contributed by atoms with Gasteiger partial charge in [-0.25, -0.2) is 0 Å². The zero-order valence-corrected chi connectivity index (χ0v) is 12.9. The molecule has 0 saturated heterocycles. The first kappa shape index (κ1) is 14.6. The minimum Gasteiger partial charge on any atom is -0.343 e. The summed E-state index contributed by atoms with van der Waals surface area (Å²) in [5.74, 6) is -0.0477. The van der Waals surface area contributed by atoms with Crippen LogP contribution < -0.4 is 10.6 Å². The Labute approximate surface area is 132 Å². The molecule has 1 fully saturated rings. The molecule has 1 aromatic carbocycles. The third-order valence-corrected chi connectivity index (χ3v) is 4.41. The predicted octanol–water partition coefficient (Wildman–Crippen LogP) is 2.09. The van der Waals surface area contributed by atoms with Crippen molar-refractivity contribution < 1.29 is 9.59 Å². The van der Waals surface area contributed by atoms with Gasteiger partial charge in [-0.05, 0) is 31.4 Å². The summed E-state index contributed by atoms with van der Waals surface area (Å²) in [5.41, 5.74) is 1.45. The summed E-state index contributed by atoms with van der Waals surface area (Å²) in [5, 5.41) is 14.7. The molecule has 2 aromatic rings. The lowest BCUT2D eigenvalue weighted by Gasteiger charge is -2.06. The highest BCUT2D eigenvalue weighted by atomic mass is 32.1. The van der Waals surface area contributed by atoms with Crippen LogP contribution in [-0.2, 0) is 4.79 Å². The van der Waals surface area contributed by atoms with Gasteiger partial charge in [-0.3, -0.25) is 14.9 Å². The van der Waals surface area contributed by atoms with Gasteiger partial charge in [-0.1, -0.05) is 29.5 Å². The summed E-state index contributed by atoms with van der Waals surface area (Å²) in [6.45, 7) is 1.77. The molecule has 1 aliphatic carbocycles. The number of hydrogen-bond donors (Lipinski definition) is 2. The number of carbonyl (C=O) groups is 2. The van der Waals surface area contributed by atoms with Gasteiger partial charge in [-0.15, -0.1) is 10.2 Å². The summed E-state index contributed by atoms with van der Waals surface area (Å²) >= 11 is 1.40. The van der Waals surface area contributed by atoms with E-state index in [1.54, 1.807) is 12.1 Å². The maximum Gasteiger partial charge on any atom is 0.251 e. The fourth-order valence-corrected chi connectivity index (χ4v) is 2.96. The number of anilines is 1. The number of carbonyl (C=O) groups excluding carboxylic acids is 2. The van der Waals surface area contributed by atoms with E-state index in [2.05, 4.69) is 20.8 Å². The van der Waals surface area contributed by atoms with Crippen molar-refractivity contribution in [1.82, 2.24) is 15.5 Å². The van der Waals surface area contributed by atoms with Crippen LogP contribution in [0.1, 0.15) is 39.7 Å². The fourth-order valence-electron chi connectivity index (χ4n) is 2.03. The first-order valence-electron chi connectivity index (χ1n) is 7.10. The van der Waals surface area contributed by atoms with E-state index >= 15 is 0 Å². The largest absolute Gasteiger partial charge is 0.343 e. The van der Waals surface area contributed by atoms with Crippen LogP contribution in [0.3, 0.4) is 0 Å². The second kappa shape index (κ2) is 6.23. The summed E-state index contributed by atoms with van der Waals surface area (Å²) in [6.07, 6.45) is 2.30. The second-order valence-electron chi connectivity index (χ2n) is 5.27. The Balaban J connectivity index is 1.51. The maximum atomic E-state index is 12.0. The smallest absolute Gasteiger partial charge is 0.251 e. The molecule has 0 bridgehead atoms. The number of hydrogen-bond acceptors (Lipinski definition) is 5. The maximum absolute atomic E-state index is 12.0. The van der Waals surface area contributed by atoms with Crippen LogP contribution in [0.5, 0.6) is 0 Å². The SMILES string of the molecule is Cc1ccccc1C(=O)NCC(=O)Nc1nnc(C2CC2)s1. The first-order valence-corrected chi connectivity index (χ1v) is 7.92. The van der Waals surface area contributed by atoms with Crippen LogP contribution in [0, 0.1) is 6.92 Å². The summed E-state index contributed by atoms with van der Waals surface area (Å²) in [4.78, 5) is 23.8. The number of nitrogens with one attached hydrogen (secondary N) is 2. The molecule has 6 nitrogen and oxygen atoms in total. The molecule has 1 saturated carbocycles. The Morgan fingerprint density at radius 1 is 1.27 bits per heavy atom. The molecule has 0 atom stereocenters. The van der Waals surface area contributed by atoms with E-state index in [-0.39, 0.29) is 18.4 Å². The third kappa shape index (κ3) is 3.48. The fraction of sp³-hybridized carbons (Fsp3) is 0.333. The third-order valence-electron chi connectivity index (χ3n) is 3.41. The van der Waals surface area contributed by atoms with Gasteiger partial charge in [0.1, 0.15) is 5.01 Å². The molecule has 1 aromatic heterocycles. The molecule has 2 amide bonds. The molecular weight excluding hydrogens is 300 g/mol. The molecule has 0 aliphatic heterocycles. The highest BCUT2D eigenvalue weighted by Crippen LogP contribution is 2.41. The normalized spacial score (nSPS) is 13.7. The number of aryl methyl sites for hydroxylation is 1. The van der Waals surface area contributed by atoms with Crippen LogP contribution >= 0.6 is 11.3 Å². The van der Waals surface area contributed by atoms with Gasteiger partial charge in [0, 0.05) is 11.5 Å². The monoisotopic (exact) mass is 316 g/mol. The summed E-state index contributed by atoms with van der Waals surface area (Å²) in [7, 11) is 0. The van der Waals surface area contributed by atoms with Gasteiger partial charge >= 0.3 is 0 Å². The molecule has 114 valence electrons. The van der Waals surface area contributed by atoms with Gasteiger partial charge in [0.15, 0.2) is 0 Å². The van der Waals surface area contributed by atoms with E-state index in [1.807, 2.05) is 19.1 Å². The quantitative estimate of drug-likeness (QED) is 0.884. The van der Waals surface area contributed by atoms with Crippen LogP contribution in [0.2, 0.25) is 0 Å². The minimum atomic E-state index is -0.305. The number of aromatic nitrogens is 2. The molecule has 0 spiro atoms. The number of nitrogens with zero attached hydrogens (tertiary/aromatic N) is 2. The van der Waals surface area contributed by atoms with Gasteiger partial charge in [-0.2, -0.15) is 0 Å². The minimum absolute atomic E-state index is 0.0918. The Kier molecular flexibility index (Phi) is 4.15. The standard InChI is InChI=1S/C15H16N4O2S/c1-9-4-2-3-5-11(9)13(21)16-8-12(20)17-15-19-18-14(22-15)10-6-7-10/h2-5,10H,6-8H2,1H3,(H,16,21)(H,17,19,20). The number of amides is 2. The van der Waals surface area contributed by atoms with E-state index in [0.29, 0.717) is 16.6 Å². The van der Waals surface area contributed by atoms with Crippen molar-refractivity contribution in [3.05, 3.63) is 40.4 Å². The lowest BCUT2D eigenvalue weighted by atomic mass is 10.1. The average molecular weight is 316 g/mol. The average Bonchev–Trinajstić information content (AvgIpc) is 3.26. The van der Waals surface area contributed by atoms with Gasteiger partial charge in [0.25, 0.3) is 5.91 Å². The van der Waals surface area contributed by atoms with Crippen LogP contribution in [0.4, 0.5) is 5.13 Å². The molecule has 22 heavy (non-hydrogen) atoms.